The van der Waals surface area contributed by atoms with Crippen molar-refractivity contribution in [1.82, 2.24) is 0 Å². The summed E-state index contributed by atoms with van der Waals surface area (Å²) in [5, 5.41) is 0. The summed E-state index contributed by atoms with van der Waals surface area (Å²) in [5.74, 6) is 0.969. The molecular formula is C13H24OSi. The maximum absolute atomic E-state index is 6.06. The van der Waals surface area contributed by atoms with Gasteiger partial charge in [0.05, 0.1) is 5.76 Å². The maximum atomic E-state index is 6.06. The van der Waals surface area contributed by atoms with Crippen molar-refractivity contribution in [3.63, 3.8) is 0 Å². The summed E-state index contributed by atoms with van der Waals surface area (Å²) in [7, 11) is -1.52. The van der Waals surface area contributed by atoms with Crippen LogP contribution in [-0.2, 0) is 4.43 Å². The third-order valence-electron chi connectivity index (χ3n) is 3.53. The summed E-state index contributed by atoms with van der Waals surface area (Å²) >= 11 is 0. The van der Waals surface area contributed by atoms with Crippen LogP contribution in [0, 0.1) is 10.8 Å². The molecule has 86 valence electrons. The fourth-order valence-corrected chi connectivity index (χ4v) is 2.96. The summed E-state index contributed by atoms with van der Waals surface area (Å²) in [6.07, 6.45) is 5.58. The first-order valence-corrected chi connectivity index (χ1v) is 9.05. The second-order valence-electron chi connectivity index (χ2n) is 6.30. The molecule has 1 rings (SSSR count). The zero-order valence-electron chi connectivity index (χ0n) is 11.0. The highest BCUT2D eigenvalue weighted by Crippen LogP contribution is 2.52. The fraction of sp³-hybridized carbons (Fsp3) is 0.692. The molecule has 0 saturated carbocycles. The first kappa shape index (κ1) is 12.6. The Morgan fingerprint density at radius 1 is 1.27 bits per heavy atom. The molecule has 1 aliphatic rings. The lowest BCUT2D eigenvalue weighted by molar-refractivity contribution is 0.145. The van der Waals surface area contributed by atoms with Gasteiger partial charge in [-0.1, -0.05) is 39.5 Å². The SMILES string of the molecule is C=C(O[Si](C)(C)C)[C@@]1(C)CC=CC1(C)C. The quantitative estimate of drug-likeness (QED) is 0.393. The average molecular weight is 224 g/mol. The van der Waals surface area contributed by atoms with E-state index in [1.807, 2.05) is 0 Å². The first-order chi connectivity index (χ1) is 6.58. The minimum absolute atomic E-state index is 0.0628. The topological polar surface area (TPSA) is 9.23 Å². The number of hydrogen-bond acceptors (Lipinski definition) is 1. The van der Waals surface area contributed by atoms with Crippen LogP contribution in [-0.4, -0.2) is 8.32 Å². The normalized spacial score (nSPS) is 29.2. The molecule has 0 amide bonds. The molecule has 0 N–H and O–H groups in total. The molecule has 0 aliphatic heterocycles. The van der Waals surface area contributed by atoms with Gasteiger partial charge in [-0.25, -0.2) is 0 Å². The predicted molar refractivity (Wildman–Crippen MR) is 69.2 cm³/mol. The van der Waals surface area contributed by atoms with Gasteiger partial charge >= 0.3 is 0 Å². The molecule has 0 unspecified atom stereocenters. The number of allylic oxidation sites excluding steroid dienone is 3. The Morgan fingerprint density at radius 3 is 2.13 bits per heavy atom. The van der Waals surface area contributed by atoms with E-state index < -0.39 is 8.32 Å². The van der Waals surface area contributed by atoms with Crippen molar-refractivity contribution in [2.24, 2.45) is 10.8 Å². The van der Waals surface area contributed by atoms with E-state index in [4.69, 9.17) is 4.43 Å². The molecule has 0 spiro atoms. The Balaban J connectivity index is 2.85. The lowest BCUT2D eigenvalue weighted by atomic mass is 9.68. The second kappa shape index (κ2) is 3.51. The van der Waals surface area contributed by atoms with Gasteiger partial charge in [0.1, 0.15) is 0 Å². The van der Waals surface area contributed by atoms with Crippen LogP contribution in [0.25, 0.3) is 0 Å². The van der Waals surface area contributed by atoms with Gasteiger partial charge in [-0.3, -0.25) is 0 Å². The Kier molecular flexibility index (Phi) is 2.94. The first-order valence-electron chi connectivity index (χ1n) is 5.65. The van der Waals surface area contributed by atoms with Gasteiger partial charge in [0.2, 0.25) is 8.32 Å². The molecule has 15 heavy (non-hydrogen) atoms. The van der Waals surface area contributed by atoms with E-state index in [2.05, 4.69) is 59.1 Å². The van der Waals surface area contributed by atoms with Crippen molar-refractivity contribution in [2.75, 3.05) is 0 Å². The van der Waals surface area contributed by atoms with Crippen molar-refractivity contribution in [3.8, 4) is 0 Å². The molecule has 1 aliphatic carbocycles. The minimum Gasteiger partial charge on any atom is -0.547 e. The molecule has 0 bridgehead atoms. The zero-order chi connectivity index (χ0) is 11.9. The van der Waals surface area contributed by atoms with Crippen LogP contribution in [0.4, 0.5) is 0 Å². The van der Waals surface area contributed by atoms with Crippen molar-refractivity contribution in [3.05, 3.63) is 24.5 Å². The van der Waals surface area contributed by atoms with E-state index >= 15 is 0 Å². The van der Waals surface area contributed by atoms with Gasteiger partial charge in [-0.05, 0) is 31.5 Å². The number of hydrogen-bond donors (Lipinski definition) is 0. The Morgan fingerprint density at radius 2 is 1.80 bits per heavy atom. The van der Waals surface area contributed by atoms with Crippen LogP contribution >= 0.6 is 0 Å². The Bertz CT molecular complexity index is 296. The van der Waals surface area contributed by atoms with Crippen LogP contribution in [0.15, 0.2) is 24.5 Å². The third-order valence-corrected chi connectivity index (χ3v) is 4.39. The number of rotatable bonds is 3. The van der Waals surface area contributed by atoms with Gasteiger partial charge in [-0.15, -0.1) is 0 Å². The standard InChI is InChI=1S/C13H24OSi/c1-11(14-15(5,6)7)13(4)10-8-9-12(13,2)3/h8-9H,1,10H2,2-7H3/t13-/m1/s1. The highest BCUT2D eigenvalue weighted by molar-refractivity contribution is 6.70. The Hall–Kier alpha value is -0.503. The predicted octanol–water partition coefficient (Wildman–Crippen LogP) is 4.34. The largest absolute Gasteiger partial charge is 0.547 e. The molecule has 0 heterocycles. The molecule has 0 saturated heterocycles. The van der Waals surface area contributed by atoms with Gasteiger partial charge in [0.15, 0.2) is 0 Å². The molecule has 1 nitrogen and oxygen atoms in total. The van der Waals surface area contributed by atoms with E-state index in [-0.39, 0.29) is 10.8 Å². The third kappa shape index (κ3) is 2.36. The van der Waals surface area contributed by atoms with Gasteiger partial charge in [-0.2, -0.15) is 0 Å². The van der Waals surface area contributed by atoms with E-state index in [1.165, 1.54) is 0 Å². The van der Waals surface area contributed by atoms with Crippen LogP contribution < -0.4 is 0 Å². The summed E-state index contributed by atoms with van der Waals surface area (Å²) < 4.78 is 6.06. The van der Waals surface area contributed by atoms with Crippen LogP contribution in [0.1, 0.15) is 27.2 Å². The molecule has 1 atom stereocenters. The molecule has 0 fully saturated rings. The van der Waals surface area contributed by atoms with E-state index in [9.17, 15) is 0 Å². The highest BCUT2D eigenvalue weighted by Gasteiger charge is 2.45. The smallest absolute Gasteiger partial charge is 0.241 e. The van der Waals surface area contributed by atoms with Crippen molar-refractivity contribution in [2.45, 2.75) is 46.8 Å². The van der Waals surface area contributed by atoms with Crippen LogP contribution in [0.5, 0.6) is 0 Å². The molecule has 2 heteroatoms. The van der Waals surface area contributed by atoms with Gasteiger partial charge in [0, 0.05) is 5.41 Å². The lowest BCUT2D eigenvalue weighted by Gasteiger charge is -2.41. The summed E-state index contributed by atoms with van der Waals surface area (Å²) in [6, 6.07) is 0. The molecule has 0 aromatic rings. The molecule has 0 aromatic heterocycles. The Labute approximate surface area is 95.4 Å². The molecular weight excluding hydrogens is 200 g/mol. The van der Waals surface area contributed by atoms with E-state index in [0.717, 1.165) is 12.2 Å². The maximum Gasteiger partial charge on any atom is 0.241 e. The molecule has 0 radical (unpaired) electrons. The average Bonchev–Trinajstić information content (AvgIpc) is 2.24. The van der Waals surface area contributed by atoms with Crippen LogP contribution in [0.2, 0.25) is 19.6 Å². The second-order valence-corrected chi connectivity index (χ2v) is 10.7. The summed E-state index contributed by atoms with van der Waals surface area (Å²) in [4.78, 5) is 0. The zero-order valence-corrected chi connectivity index (χ0v) is 12.0. The highest BCUT2D eigenvalue weighted by atomic mass is 28.4. The van der Waals surface area contributed by atoms with Gasteiger partial charge in [0.25, 0.3) is 0 Å². The summed E-state index contributed by atoms with van der Waals surface area (Å²) in [5.41, 5.74) is 0.219. The van der Waals surface area contributed by atoms with Crippen LogP contribution in [0.3, 0.4) is 0 Å². The lowest BCUT2D eigenvalue weighted by Crippen LogP contribution is -2.37. The van der Waals surface area contributed by atoms with Crippen molar-refractivity contribution >= 4 is 8.32 Å². The fourth-order valence-electron chi connectivity index (χ4n) is 1.99. The minimum atomic E-state index is -1.52. The monoisotopic (exact) mass is 224 g/mol. The van der Waals surface area contributed by atoms with Gasteiger partial charge < -0.3 is 4.43 Å². The van der Waals surface area contributed by atoms with E-state index in [0.29, 0.717) is 0 Å². The molecule has 0 aromatic carbocycles. The summed E-state index contributed by atoms with van der Waals surface area (Å²) in [6.45, 7) is 17.6. The van der Waals surface area contributed by atoms with E-state index in [1.54, 1.807) is 0 Å². The van der Waals surface area contributed by atoms with Crippen molar-refractivity contribution in [1.29, 1.82) is 0 Å². The van der Waals surface area contributed by atoms with Crippen molar-refractivity contribution < 1.29 is 4.43 Å².